The van der Waals surface area contributed by atoms with Crippen LogP contribution in [0.5, 0.6) is 0 Å². The van der Waals surface area contributed by atoms with Gasteiger partial charge in [0.15, 0.2) is 16.4 Å². The van der Waals surface area contributed by atoms with Crippen LogP contribution in [-0.4, -0.2) is 20.6 Å². The van der Waals surface area contributed by atoms with E-state index in [9.17, 15) is 18.0 Å². The minimum Gasteiger partial charge on any atom is -0.481 e. The van der Waals surface area contributed by atoms with Gasteiger partial charge in [0.2, 0.25) is 0 Å². The first kappa shape index (κ1) is 15.8. The summed E-state index contributed by atoms with van der Waals surface area (Å²) in [6.45, 7) is 0.231. The number of carboxylic acids is 1. The van der Waals surface area contributed by atoms with Crippen molar-refractivity contribution in [1.82, 2.24) is 9.55 Å². The molecule has 0 amide bonds. The molecule has 1 aliphatic heterocycles. The van der Waals surface area contributed by atoms with Gasteiger partial charge in [-0.15, -0.1) is 0 Å². The fourth-order valence-corrected chi connectivity index (χ4v) is 3.36. The molecule has 1 aliphatic rings. The van der Waals surface area contributed by atoms with Gasteiger partial charge in [0.05, 0.1) is 6.42 Å². The van der Waals surface area contributed by atoms with Crippen molar-refractivity contribution in [3.05, 3.63) is 51.3 Å². The normalized spacial score (nSPS) is 16.6. The van der Waals surface area contributed by atoms with Gasteiger partial charge in [0.1, 0.15) is 5.82 Å². The summed E-state index contributed by atoms with van der Waals surface area (Å²) >= 11 is 5.17. The van der Waals surface area contributed by atoms with Crippen LogP contribution in [0, 0.1) is 22.2 Å². The maximum atomic E-state index is 14.0. The van der Waals surface area contributed by atoms with Crippen LogP contribution >= 0.6 is 12.2 Å². The molecule has 1 aromatic carbocycles. The Kier molecular flexibility index (Phi) is 4.01. The lowest BCUT2D eigenvalue weighted by Gasteiger charge is -2.12. The van der Waals surface area contributed by atoms with Gasteiger partial charge in [0, 0.05) is 29.4 Å². The molecular formula is C15H13F3N2O2S. The SMILES string of the molecule is O=C(O)CCc1[nH]c(=S)n2c1CC(c1c(F)ccc(F)c1F)C2. The van der Waals surface area contributed by atoms with E-state index >= 15 is 0 Å². The van der Waals surface area contributed by atoms with Gasteiger partial charge in [-0.1, -0.05) is 0 Å². The van der Waals surface area contributed by atoms with Crippen molar-refractivity contribution in [2.75, 3.05) is 0 Å². The van der Waals surface area contributed by atoms with Crippen molar-refractivity contribution in [2.24, 2.45) is 0 Å². The number of fused-ring (bicyclic) bond motifs is 1. The van der Waals surface area contributed by atoms with Gasteiger partial charge in [-0.3, -0.25) is 4.79 Å². The molecule has 4 nitrogen and oxygen atoms in total. The van der Waals surface area contributed by atoms with Crippen LogP contribution < -0.4 is 0 Å². The molecule has 0 saturated carbocycles. The Morgan fingerprint density at radius 3 is 2.74 bits per heavy atom. The van der Waals surface area contributed by atoms with E-state index in [1.807, 2.05) is 0 Å². The highest BCUT2D eigenvalue weighted by molar-refractivity contribution is 7.71. The molecule has 0 aliphatic carbocycles. The molecule has 122 valence electrons. The molecule has 0 spiro atoms. The zero-order valence-electron chi connectivity index (χ0n) is 11.9. The Hall–Kier alpha value is -2.09. The van der Waals surface area contributed by atoms with Gasteiger partial charge in [-0.05, 0) is 37.2 Å². The Morgan fingerprint density at radius 2 is 2.04 bits per heavy atom. The quantitative estimate of drug-likeness (QED) is 0.662. The number of hydrogen-bond donors (Lipinski definition) is 2. The number of aromatic nitrogens is 2. The van der Waals surface area contributed by atoms with Gasteiger partial charge < -0.3 is 14.7 Å². The van der Waals surface area contributed by atoms with E-state index < -0.39 is 29.3 Å². The topological polar surface area (TPSA) is 58.0 Å². The third kappa shape index (κ3) is 2.78. The van der Waals surface area contributed by atoms with Crippen LogP contribution in [0.1, 0.15) is 29.3 Å². The second-order valence-electron chi connectivity index (χ2n) is 5.52. The van der Waals surface area contributed by atoms with E-state index in [0.29, 0.717) is 10.5 Å². The Morgan fingerprint density at radius 1 is 1.35 bits per heavy atom. The smallest absolute Gasteiger partial charge is 0.303 e. The van der Waals surface area contributed by atoms with Crippen LogP contribution in [-0.2, 0) is 24.2 Å². The highest BCUT2D eigenvalue weighted by Gasteiger charge is 2.31. The maximum absolute atomic E-state index is 14.0. The number of aryl methyl sites for hydroxylation is 1. The summed E-state index contributed by atoms with van der Waals surface area (Å²) in [7, 11) is 0. The average Bonchev–Trinajstić information content (AvgIpc) is 3.03. The predicted octanol–water partition coefficient (Wildman–Crippen LogP) is 3.32. The van der Waals surface area contributed by atoms with Crippen LogP contribution in [0.3, 0.4) is 0 Å². The van der Waals surface area contributed by atoms with Crippen LogP contribution in [0.4, 0.5) is 13.2 Å². The molecular weight excluding hydrogens is 329 g/mol. The number of H-pyrrole nitrogens is 1. The molecule has 2 aromatic rings. The molecule has 23 heavy (non-hydrogen) atoms. The third-order valence-electron chi connectivity index (χ3n) is 4.10. The van der Waals surface area contributed by atoms with E-state index in [4.69, 9.17) is 17.3 Å². The standard InChI is InChI=1S/C15H13F3N2O2S/c16-8-1-2-9(17)14(18)13(8)7-5-11-10(3-4-12(21)22)19-15(23)20(11)6-7/h1-2,7H,3-6H2,(H,19,23)(H,21,22). The van der Waals surface area contributed by atoms with Gasteiger partial charge in [0.25, 0.3) is 0 Å². The first-order chi connectivity index (χ1) is 10.9. The number of nitrogens with zero attached hydrogens (tertiary/aromatic N) is 1. The van der Waals surface area contributed by atoms with Gasteiger partial charge in [-0.2, -0.15) is 0 Å². The fraction of sp³-hybridized carbons (Fsp3) is 0.333. The second kappa shape index (κ2) is 5.84. The predicted molar refractivity (Wildman–Crippen MR) is 78.3 cm³/mol. The second-order valence-corrected chi connectivity index (χ2v) is 5.90. The highest BCUT2D eigenvalue weighted by atomic mass is 32.1. The molecule has 0 radical (unpaired) electrons. The molecule has 2 N–H and O–H groups in total. The number of aromatic amines is 1. The van der Waals surface area contributed by atoms with Gasteiger partial charge >= 0.3 is 5.97 Å². The summed E-state index contributed by atoms with van der Waals surface area (Å²) < 4.78 is 43.4. The van der Waals surface area contributed by atoms with Gasteiger partial charge in [-0.25, -0.2) is 13.2 Å². The van der Waals surface area contributed by atoms with E-state index in [-0.39, 0.29) is 31.4 Å². The van der Waals surface area contributed by atoms with Crippen molar-refractivity contribution in [3.8, 4) is 0 Å². The van der Waals surface area contributed by atoms with E-state index in [1.165, 1.54) is 0 Å². The zero-order valence-corrected chi connectivity index (χ0v) is 12.7. The Balaban J connectivity index is 1.94. The molecule has 1 aromatic heterocycles. The van der Waals surface area contributed by atoms with Crippen molar-refractivity contribution < 1.29 is 23.1 Å². The lowest BCUT2D eigenvalue weighted by Crippen LogP contribution is -2.09. The number of nitrogens with one attached hydrogen (secondary N) is 1. The van der Waals surface area contributed by atoms with Crippen LogP contribution in [0.15, 0.2) is 12.1 Å². The number of rotatable bonds is 4. The largest absolute Gasteiger partial charge is 0.481 e. The molecule has 0 bridgehead atoms. The average molecular weight is 342 g/mol. The Labute approximate surface area is 134 Å². The highest BCUT2D eigenvalue weighted by Crippen LogP contribution is 2.35. The summed E-state index contributed by atoms with van der Waals surface area (Å²) in [4.78, 5) is 13.6. The number of hydrogen-bond acceptors (Lipinski definition) is 2. The number of halogens is 3. The monoisotopic (exact) mass is 342 g/mol. The Bertz CT molecular complexity index is 844. The maximum Gasteiger partial charge on any atom is 0.303 e. The van der Waals surface area contributed by atoms with Crippen molar-refractivity contribution >= 4 is 18.2 Å². The zero-order chi connectivity index (χ0) is 16.7. The molecule has 8 heteroatoms. The summed E-state index contributed by atoms with van der Waals surface area (Å²) in [6.07, 6.45) is 0.456. The summed E-state index contributed by atoms with van der Waals surface area (Å²) in [5, 5.41) is 8.78. The lowest BCUT2D eigenvalue weighted by molar-refractivity contribution is -0.136. The van der Waals surface area contributed by atoms with Crippen molar-refractivity contribution in [2.45, 2.75) is 31.7 Å². The lowest BCUT2D eigenvalue weighted by atomic mass is 9.95. The molecule has 3 rings (SSSR count). The van der Waals surface area contributed by atoms with E-state index in [1.54, 1.807) is 4.57 Å². The molecule has 0 saturated heterocycles. The summed E-state index contributed by atoms with van der Waals surface area (Å²) in [6, 6.07) is 1.67. The number of imidazole rings is 1. The number of carbonyl (C=O) groups is 1. The number of carboxylic acid groups (broad SMARTS) is 1. The van der Waals surface area contributed by atoms with Crippen LogP contribution in [0.2, 0.25) is 0 Å². The molecule has 0 fully saturated rings. The minimum atomic E-state index is -1.18. The minimum absolute atomic E-state index is 0.0738. The fourth-order valence-electron chi connectivity index (χ4n) is 3.05. The number of aliphatic carboxylic acids is 1. The third-order valence-corrected chi connectivity index (χ3v) is 4.42. The summed E-state index contributed by atoms with van der Waals surface area (Å²) in [5.74, 6) is -4.57. The number of benzene rings is 1. The van der Waals surface area contributed by atoms with E-state index in [0.717, 1.165) is 17.8 Å². The van der Waals surface area contributed by atoms with E-state index in [2.05, 4.69) is 4.98 Å². The molecule has 1 atom stereocenters. The van der Waals surface area contributed by atoms with Crippen molar-refractivity contribution in [3.63, 3.8) is 0 Å². The molecule has 2 heterocycles. The first-order valence-electron chi connectivity index (χ1n) is 7.04. The summed E-state index contributed by atoms with van der Waals surface area (Å²) in [5.41, 5.74) is 1.09. The van der Waals surface area contributed by atoms with Crippen LogP contribution in [0.25, 0.3) is 0 Å². The first-order valence-corrected chi connectivity index (χ1v) is 7.45. The molecule has 1 unspecified atom stereocenters. The van der Waals surface area contributed by atoms with Crippen molar-refractivity contribution in [1.29, 1.82) is 0 Å².